The zero-order chi connectivity index (χ0) is 18.0. The number of benzene rings is 2. The normalized spacial score (nSPS) is 14.4. The first kappa shape index (κ1) is 16.7. The van der Waals surface area contributed by atoms with E-state index in [1.54, 1.807) is 12.1 Å². The Morgan fingerprint density at radius 2 is 1.64 bits per heavy atom. The molecule has 0 unspecified atom stereocenters. The lowest BCUT2D eigenvalue weighted by Crippen LogP contribution is -2.46. The molecule has 0 saturated carbocycles. The summed E-state index contributed by atoms with van der Waals surface area (Å²) >= 11 is 0. The Morgan fingerprint density at radius 3 is 2.20 bits per heavy atom. The summed E-state index contributed by atoms with van der Waals surface area (Å²) in [6.07, 6.45) is 0. The summed E-state index contributed by atoms with van der Waals surface area (Å²) in [5, 5.41) is 20.3. The average Bonchev–Trinajstić information content (AvgIpc) is 2.62. The Kier molecular flexibility index (Phi) is 4.51. The fourth-order valence-electron chi connectivity index (χ4n) is 2.93. The van der Waals surface area contributed by atoms with Gasteiger partial charge < -0.3 is 14.9 Å². The summed E-state index contributed by atoms with van der Waals surface area (Å²) < 4.78 is 13.0. The third kappa shape index (κ3) is 3.52. The topological polar surface area (TPSA) is 86.9 Å². The molecule has 0 bridgehead atoms. The second-order valence-corrected chi connectivity index (χ2v) is 5.72. The number of halogens is 1. The monoisotopic (exact) mass is 345 g/mol. The van der Waals surface area contributed by atoms with Crippen molar-refractivity contribution in [3.05, 3.63) is 64.0 Å². The van der Waals surface area contributed by atoms with E-state index in [-0.39, 0.29) is 17.1 Å². The number of aromatic carboxylic acids is 1. The molecule has 130 valence electrons. The van der Waals surface area contributed by atoms with Crippen molar-refractivity contribution >= 4 is 23.0 Å². The first-order valence-electron chi connectivity index (χ1n) is 7.73. The lowest BCUT2D eigenvalue weighted by molar-refractivity contribution is -0.384. The van der Waals surface area contributed by atoms with Crippen LogP contribution in [0.15, 0.2) is 42.5 Å². The molecule has 0 aliphatic carbocycles. The summed E-state index contributed by atoms with van der Waals surface area (Å²) in [5.41, 5.74) is 0.987. The molecule has 0 spiro atoms. The number of anilines is 2. The van der Waals surface area contributed by atoms with Crippen LogP contribution >= 0.6 is 0 Å². The molecule has 7 nitrogen and oxygen atoms in total. The summed E-state index contributed by atoms with van der Waals surface area (Å²) in [6.45, 7) is 2.35. The van der Waals surface area contributed by atoms with Crippen molar-refractivity contribution in [1.82, 2.24) is 0 Å². The van der Waals surface area contributed by atoms with E-state index in [9.17, 15) is 19.3 Å². The van der Waals surface area contributed by atoms with Gasteiger partial charge in [-0.2, -0.15) is 0 Å². The quantitative estimate of drug-likeness (QED) is 0.677. The molecule has 2 aromatic carbocycles. The Morgan fingerprint density at radius 1 is 1.04 bits per heavy atom. The van der Waals surface area contributed by atoms with Crippen LogP contribution in [0.3, 0.4) is 0 Å². The van der Waals surface area contributed by atoms with Gasteiger partial charge in [-0.3, -0.25) is 10.1 Å². The molecule has 1 fully saturated rings. The Bertz CT molecular complexity index is 802. The summed E-state index contributed by atoms with van der Waals surface area (Å²) in [6, 6.07) is 10.1. The Labute approximate surface area is 143 Å². The van der Waals surface area contributed by atoms with E-state index in [0.29, 0.717) is 31.9 Å². The van der Waals surface area contributed by atoms with E-state index in [2.05, 4.69) is 4.90 Å². The minimum atomic E-state index is -1.20. The van der Waals surface area contributed by atoms with Crippen LogP contribution in [0.5, 0.6) is 0 Å². The molecule has 2 aromatic rings. The third-order valence-electron chi connectivity index (χ3n) is 4.23. The Balaban J connectivity index is 1.77. The molecule has 0 amide bonds. The van der Waals surface area contributed by atoms with Crippen LogP contribution < -0.4 is 9.80 Å². The third-order valence-corrected chi connectivity index (χ3v) is 4.23. The second-order valence-electron chi connectivity index (χ2n) is 5.72. The van der Waals surface area contributed by atoms with E-state index in [1.165, 1.54) is 24.3 Å². The van der Waals surface area contributed by atoms with Gasteiger partial charge in [-0.05, 0) is 36.4 Å². The van der Waals surface area contributed by atoms with Crippen molar-refractivity contribution in [2.75, 3.05) is 36.0 Å². The zero-order valence-corrected chi connectivity index (χ0v) is 13.3. The fourth-order valence-corrected chi connectivity index (χ4v) is 2.93. The van der Waals surface area contributed by atoms with Crippen molar-refractivity contribution in [2.24, 2.45) is 0 Å². The van der Waals surface area contributed by atoms with E-state index >= 15 is 0 Å². The van der Waals surface area contributed by atoms with Gasteiger partial charge in [0, 0.05) is 37.9 Å². The van der Waals surface area contributed by atoms with Crippen LogP contribution in [0, 0.1) is 15.9 Å². The molecule has 0 radical (unpaired) electrons. The van der Waals surface area contributed by atoms with Gasteiger partial charge in [0.1, 0.15) is 11.5 Å². The number of nitro benzene ring substituents is 1. The first-order chi connectivity index (χ1) is 12.0. The zero-order valence-electron chi connectivity index (χ0n) is 13.3. The fraction of sp³-hybridized carbons (Fsp3) is 0.235. The number of carbonyl (C=O) groups is 1. The van der Waals surface area contributed by atoms with Gasteiger partial charge >= 0.3 is 5.97 Å². The van der Waals surface area contributed by atoms with Crippen molar-refractivity contribution in [3.8, 4) is 0 Å². The van der Waals surface area contributed by atoms with Gasteiger partial charge in [0.05, 0.1) is 10.5 Å². The molecule has 3 rings (SSSR count). The van der Waals surface area contributed by atoms with Gasteiger partial charge in [-0.1, -0.05) is 0 Å². The van der Waals surface area contributed by atoms with Crippen molar-refractivity contribution < 1.29 is 19.2 Å². The Hall–Kier alpha value is -3.16. The average molecular weight is 345 g/mol. The minimum Gasteiger partial charge on any atom is -0.478 e. The van der Waals surface area contributed by atoms with Crippen LogP contribution in [0.2, 0.25) is 0 Å². The number of nitrogens with zero attached hydrogens (tertiary/aromatic N) is 3. The number of carboxylic acids is 1. The number of piperazine rings is 1. The highest BCUT2D eigenvalue weighted by Crippen LogP contribution is 2.30. The number of nitro groups is 1. The lowest BCUT2D eigenvalue weighted by atomic mass is 10.1. The summed E-state index contributed by atoms with van der Waals surface area (Å²) in [4.78, 5) is 25.7. The molecule has 1 aliphatic rings. The maximum atomic E-state index is 13.0. The first-order valence-corrected chi connectivity index (χ1v) is 7.73. The van der Waals surface area contributed by atoms with Crippen LogP contribution in [0.1, 0.15) is 10.4 Å². The van der Waals surface area contributed by atoms with Crippen LogP contribution in [0.25, 0.3) is 0 Å². The van der Waals surface area contributed by atoms with Crippen LogP contribution in [-0.2, 0) is 0 Å². The van der Waals surface area contributed by atoms with Gasteiger partial charge in [-0.25, -0.2) is 9.18 Å². The number of hydrogen-bond donors (Lipinski definition) is 1. The van der Waals surface area contributed by atoms with Crippen molar-refractivity contribution in [3.63, 3.8) is 0 Å². The highest BCUT2D eigenvalue weighted by molar-refractivity contribution is 5.89. The molecule has 25 heavy (non-hydrogen) atoms. The van der Waals surface area contributed by atoms with Crippen LogP contribution in [-0.4, -0.2) is 42.2 Å². The molecular weight excluding hydrogens is 329 g/mol. The molecular formula is C17H16FN3O4. The molecule has 0 atom stereocenters. The van der Waals surface area contributed by atoms with Crippen LogP contribution in [0.4, 0.5) is 21.5 Å². The highest BCUT2D eigenvalue weighted by atomic mass is 19.1. The minimum absolute atomic E-state index is 0.111. The summed E-state index contributed by atoms with van der Waals surface area (Å²) in [7, 11) is 0. The summed E-state index contributed by atoms with van der Waals surface area (Å²) in [5.74, 6) is -1.49. The number of carboxylic acid groups (broad SMARTS) is 1. The standard InChI is InChI=1S/C17H16FN3O4/c18-13-2-4-14(5-3-13)19-7-9-20(10-8-19)15-6-1-12(17(22)23)11-16(15)21(24)25/h1-6,11H,7-10H2,(H,22,23). The van der Waals surface area contributed by atoms with Gasteiger partial charge in [0.25, 0.3) is 5.69 Å². The van der Waals surface area contributed by atoms with E-state index < -0.39 is 10.9 Å². The SMILES string of the molecule is O=C(O)c1ccc(N2CCN(c3ccc(F)cc3)CC2)c([N+](=O)[O-])c1. The van der Waals surface area contributed by atoms with Gasteiger partial charge in [0.15, 0.2) is 0 Å². The molecule has 1 aliphatic heterocycles. The molecule has 0 aromatic heterocycles. The van der Waals surface area contributed by atoms with E-state index in [0.717, 1.165) is 11.8 Å². The number of rotatable bonds is 4. The largest absolute Gasteiger partial charge is 0.478 e. The highest BCUT2D eigenvalue weighted by Gasteiger charge is 2.25. The molecule has 1 N–H and O–H groups in total. The van der Waals surface area contributed by atoms with Gasteiger partial charge in [-0.15, -0.1) is 0 Å². The molecule has 1 saturated heterocycles. The predicted molar refractivity (Wildman–Crippen MR) is 90.9 cm³/mol. The predicted octanol–water partition coefficient (Wildman–Crippen LogP) is 2.76. The number of hydrogen-bond acceptors (Lipinski definition) is 5. The van der Waals surface area contributed by atoms with Gasteiger partial charge in [0.2, 0.25) is 0 Å². The molecule has 1 heterocycles. The lowest BCUT2D eigenvalue weighted by Gasteiger charge is -2.37. The smallest absolute Gasteiger partial charge is 0.335 e. The van der Waals surface area contributed by atoms with Crippen molar-refractivity contribution in [1.29, 1.82) is 0 Å². The van der Waals surface area contributed by atoms with Crippen molar-refractivity contribution in [2.45, 2.75) is 0 Å². The van der Waals surface area contributed by atoms with E-state index in [4.69, 9.17) is 5.11 Å². The van der Waals surface area contributed by atoms with E-state index in [1.807, 2.05) is 4.90 Å². The maximum Gasteiger partial charge on any atom is 0.335 e. The molecule has 8 heteroatoms. The maximum absolute atomic E-state index is 13.0. The second kappa shape index (κ2) is 6.76.